The van der Waals surface area contributed by atoms with Crippen LogP contribution in [0.3, 0.4) is 0 Å². The van der Waals surface area contributed by atoms with Crippen LogP contribution >= 0.6 is 23.2 Å². The molecular formula is C14H21Cl2NO2. The number of methoxy groups -OCH3 is 2. The standard InChI is InChI=1S/C14H21Cl2NO2/c1-10(15)8-17(9-11(2)16)12-5-6-13(18-3)14(7-12)19-4/h5-7,10-11H,8-9H2,1-4H3/t10-,11-/m1/s1. The van der Waals surface area contributed by atoms with Crippen LogP contribution in [0.4, 0.5) is 5.69 Å². The molecule has 0 fully saturated rings. The van der Waals surface area contributed by atoms with Crippen molar-refractivity contribution < 1.29 is 9.47 Å². The van der Waals surface area contributed by atoms with Crippen molar-refractivity contribution in [1.82, 2.24) is 0 Å². The number of hydrogen-bond donors (Lipinski definition) is 0. The van der Waals surface area contributed by atoms with Crippen molar-refractivity contribution in [2.24, 2.45) is 0 Å². The van der Waals surface area contributed by atoms with E-state index in [2.05, 4.69) is 4.90 Å². The van der Waals surface area contributed by atoms with Crippen molar-refractivity contribution in [1.29, 1.82) is 0 Å². The zero-order chi connectivity index (χ0) is 14.4. The molecule has 1 rings (SSSR count). The first-order chi connectivity index (χ1) is 8.97. The van der Waals surface area contributed by atoms with E-state index in [9.17, 15) is 0 Å². The fourth-order valence-corrected chi connectivity index (χ4v) is 2.25. The van der Waals surface area contributed by atoms with Gasteiger partial charge in [0.05, 0.1) is 14.2 Å². The largest absolute Gasteiger partial charge is 0.493 e. The maximum absolute atomic E-state index is 6.10. The molecule has 19 heavy (non-hydrogen) atoms. The summed E-state index contributed by atoms with van der Waals surface area (Å²) in [6, 6.07) is 5.82. The van der Waals surface area contributed by atoms with E-state index in [0.717, 1.165) is 18.8 Å². The highest BCUT2D eigenvalue weighted by atomic mass is 35.5. The molecule has 3 nitrogen and oxygen atoms in total. The third kappa shape index (κ3) is 5.00. The molecule has 0 N–H and O–H groups in total. The van der Waals surface area contributed by atoms with Crippen LogP contribution in [-0.4, -0.2) is 38.1 Å². The molecule has 0 saturated carbocycles. The number of alkyl halides is 2. The normalized spacial score (nSPS) is 13.8. The van der Waals surface area contributed by atoms with Gasteiger partial charge in [0.25, 0.3) is 0 Å². The molecule has 0 bridgehead atoms. The molecule has 0 aliphatic heterocycles. The lowest BCUT2D eigenvalue weighted by atomic mass is 10.2. The molecule has 0 spiro atoms. The molecule has 5 heteroatoms. The van der Waals surface area contributed by atoms with Crippen LogP contribution < -0.4 is 14.4 Å². The first-order valence-electron chi connectivity index (χ1n) is 6.23. The van der Waals surface area contributed by atoms with Gasteiger partial charge in [0.1, 0.15) is 0 Å². The number of rotatable bonds is 7. The third-order valence-corrected chi connectivity index (χ3v) is 2.95. The minimum absolute atomic E-state index is 0.0449. The number of halogens is 2. The van der Waals surface area contributed by atoms with E-state index in [1.54, 1.807) is 14.2 Å². The highest BCUT2D eigenvalue weighted by Crippen LogP contribution is 2.32. The SMILES string of the molecule is COc1ccc(N(C[C@@H](C)Cl)C[C@@H](C)Cl)cc1OC. The molecule has 1 aromatic rings. The topological polar surface area (TPSA) is 21.7 Å². The van der Waals surface area contributed by atoms with Gasteiger partial charge >= 0.3 is 0 Å². The molecular weight excluding hydrogens is 285 g/mol. The van der Waals surface area contributed by atoms with E-state index in [4.69, 9.17) is 32.7 Å². The number of hydrogen-bond acceptors (Lipinski definition) is 3. The number of ether oxygens (including phenoxy) is 2. The fourth-order valence-electron chi connectivity index (χ4n) is 1.91. The van der Waals surface area contributed by atoms with Gasteiger partial charge in [-0.15, -0.1) is 23.2 Å². The summed E-state index contributed by atoms with van der Waals surface area (Å²) < 4.78 is 10.6. The highest BCUT2D eigenvalue weighted by Gasteiger charge is 2.14. The summed E-state index contributed by atoms with van der Waals surface area (Å²) in [5, 5.41) is 0.0898. The van der Waals surface area contributed by atoms with Crippen LogP contribution in [-0.2, 0) is 0 Å². The van der Waals surface area contributed by atoms with E-state index in [1.807, 2.05) is 32.0 Å². The predicted octanol–water partition coefficient (Wildman–Crippen LogP) is 3.76. The lowest BCUT2D eigenvalue weighted by Gasteiger charge is -2.27. The minimum atomic E-state index is 0.0449. The Hall–Kier alpha value is -0.800. The molecule has 0 heterocycles. The van der Waals surface area contributed by atoms with Gasteiger partial charge in [-0.1, -0.05) is 0 Å². The van der Waals surface area contributed by atoms with E-state index in [1.165, 1.54) is 0 Å². The Morgan fingerprint density at radius 1 is 1.00 bits per heavy atom. The Labute approximate surface area is 125 Å². The lowest BCUT2D eigenvalue weighted by Crippen LogP contribution is -2.33. The number of anilines is 1. The van der Waals surface area contributed by atoms with Gasteiger partial charge in [-0.3, -0.25) is 0 Å². The van der Waals surface area contributed by atoms with Gasteiger partial charge in [0, 0.05) is 35.6 Å². The van der Waals surface area contributed by atoms with E-state index < -0.39 is 0 Å². The second kappa shape index (κ2) is 7.71. The average Bonchev–Trinajstić information content (AvgIpc) is 2.36. The zero-order valence-corrected chi connectivity index (χ0v) is 13.3. The molecule has 2 atom stereocenters. The molecule has 0 saturated heterocycles. The Morgan fingerprint density at radius 3 is 1.95 bits per heavy atom. The van der Waals surface area contributed by atoms with Crippen molar-refractivity contribution in [2.75, 3.05) is 32.2 Å². The molecule has 0 aliphatic carbocycles. The molecule has 0 amide bonds. The first-order valence-corrected chi connectivity index (χ1v) is 7.10. The molecule has 0 aliphatic rings. The fraction of sp³-hybridized carbons (Fsp3) is 0.571. The summed E-state index contributed by atoms with van der Waals surface area (Å²) in [6.45, 7) is 5.39. The monoisotopic (exact) mass is 305 g/mol. The minimum Gasteiger partial charge on any atom is -0.493 e. The Kier molecular flexibility index (Phi) is 6.59. The predicted molar refractivity (Wildman–Crippen MR) is 82.4 cm³/mol. The summed E-state index contributed by atoms with van der Waals surface area (Å²) in [5.74, 6) is 1.42. The van der Waals surface area contributed by atoms with Crippen molar-refractivity contribution in [3.63, 3.8) is 0 Å². The van der Waals surface area contributed by atoms with Crippen molar-refractivity contribution in [2.45, 2.75) is 24.6 Å². The van der Waals surface area contributed by atoms with Crippen LogP contribution in [0.5, 0.6) is 11.5 Å². The summed E-state index contributed by atoms with van der Waals surface area (Å²) >= 11 is 12.2. The van der Waals surface area contributed by atoms with Crippen LogP contribution in [0.15, 0.2) is 18.2 Å². The van der Waals surface area contributed by atoms with Crippen molar-refractivity contribution >= 4 is 28.9 Å². The summed E-state index contributed by atoms with van der Waals surface area (Å²) in [4.78, 5) is 2.15. The quantitative estimate of drug-likeness (QED) is 0.716. The van der Waals surface area contributed by atoms with Gasteiger partial charge in [-0.25, -0.2) is 0 Å². The number of benzene rings is 1. The molecule has 1 aromatic carbocycles. The Bertz CT molecular complexity index is 387. The maximum atomic E-state index is 6.10. The van der Waals surface area contributed by atoms with E-state index in [-0.39, 0.29) is 10.8 Å². The van der Waals surface area contributed by atoms with Crippen LogP contribution in [0.2, 0.25) is 0 Å². The van der Waals surface area contributed by atoms with Crippen molar-refractivity contribution in [3.8, 4) is 11.5 Å². The van der Waals surface area contributed by atoms with Crippen molar-refractivity contribution in [3.05, 3.63) is 18.2 Å². The average molecular weight is 306 g/mol. The third-order valence-electron chi connectivity index (χ3n) is 2.68. The van der Waals surface area contributed by atoms with Gasteiger partial charge in [0.2, 0.25) is 0 Å². The molecule has 0 aromatic heterocycles. The molecule has 0 unspecified atom stereocenters. The summed E-state index contributed by atoms with van der Waals surface area (Å²) in [5.41, 5.74) is 1.03. The van der Waals surface area contributed by atoms with Crippen LogP contribution in [0, 0.1) is 0 Å². The van der Waals surface area contributed by atoms with E-state index >= 15 is 0 Å². The Morgan fingerprint density at radius 2 is 1.53 bits per heavy atom. The highest BCUT2D eigenvalue weighted by molar-refractivity contribution is 6.21. The van der Waals surface area contributed by atoms with Gasteiger partial charge in [0.15, 0.2) is 11.5 Å². The second-order valence-electron chi connectivity index (χ2n) is 4.51. The first kappa shape index (κ1) is 16.3. The number of nitrogens with zero attached hydrogens (tertiary/aromatic N) is 1. The summed E-state index contributed by atoms with van der Waals surface area (Å²) in [7, 11) is 3.25. The maximum Gasteiger partial charge on any atom is 0.162 e. The summed E-state index contributed by atoms with van der Waals surface area (Å²) in [6.07, 6.45) is 0. The van der Waals surface area contributed by atoms with E-state index in [0.29, 0.717) is 11.5 Å². The Balaban J connectivity index is 3.00. The smallest absolute Gasteiger partial charge is 0.162 e. The van der Waals surface area contributed by atoms with Gasteiger partial charge in [-0.05, 0) is 26.0 Å². The van der Waals surface area contributed by atoms with Gasteiger partial charge in [-0.2, -0.15) is 0 Å². The molecule has 0 radical (unpaired) electrons. The molecule has 108 valence electrons. The zero-order valence-electron chi connectivity index (χ0n) is 11.8. The lowest BCUT2D eigenvalue weighted by molar-refractivity contribution is 0.355. The second-order valence-corrected chi connectivity index (χ2v) is 6.00. The van der Waals surface area contributed by atoms with Crippen LogP contribution in [0.1, 0.15) is 13.8 Å². The van der Waals surface area contributed by atoms with Gasteiger partial charge < -0.3 is 14.4 Å². The van der Waals surface area contributed by atoms with Crippen LogP contribution in [0.25, 0.3) is 0 Å².